The predicted octanol–water partition coefficient (Wildman–Crippen LogP) is 1.66. The lowest BCUT2D eigenvalue weighted by atomic mass is 9.92. The molecule has 1 aliphatic rings. The first-order chi connectivity index (χ1) is 7.86. The highest BCUT2D eigenvalue weighted by molar-refractivity contribution is 5.37. The highest BCUT2D eigenvalue weighted by Crippen LogP contribution is 2.27. The van der Waals surface area contributed by atoms with Crippen LogP contribution in [0, 0.1) is 0 Å². The van der Waals surface area contributed by atoms with Crippen LogP contribution in [0.25, 0.3) is 0 Å². The first-order valence-electron chi connectivity index (χ1n) is 5.65. The van der Waals surface area contributed by atoms with Gasteiger partial charge in [0.15, 0.2) is 0 Å². The van der Waals surface area contributed by atoms with E-state index in [0.29, 0.717) is 0 Å². The summed E-state index contributed by atoms with van der Waals surface area (Å²) in [4.78, 5) is 0. The van der Waals surface area contributed by atoms with Crippen molar-refractivity contribution in [2.24, 2.45) is 7.05 Å². The molecule has 0 saturated heterocycles. The summed E-state index contributed by atoms with van der Waals surface area (Å²) in [6.45, 7) is 1.03. The molecule has 3 heteroatoms. The largest absolute Gasteiger partial charge is 0.305 e. The molecule has 3 rings (SSSR count). The Morgan fingerprint density at radius 1 is 1.31 bits per heavy atom. The van der Waals surface area contributed by atoms with Gasteiger partial charge in [-0.2, -0.15) is 5.10 Å². The lowest BCUT2D eigenvalue weighted by molar-refractivity contribution is 0.529. The number of hydrogen-bond acceptors (Lipinski definition) is 2. The molecule has 0 bridgehead atoms. The summed E-state index contributed by atoms with van der Waals surface area (Å²) in [7, 11) is 1.99. The lowest BCUT2D eigenvalue weighted by Gasteiger charge is -2.26. The fourth-order valence-electron chi connectivity index (χ4n) is 2.44. The van der Waals surface area contributed by atoms with Crippen LogP contribution in [0.4, 0.5) is 0 Å². The van der Waals surface area contributed by atoms with Gasteiger partial charge in [-0.05, 0) is 23.6 Å². The monoisotopic (exact) mass is 213 g/mol. The third-order valence-corrected chi connectivity index (χ3v) is 3.26. The molecule has 0 aliphatic carbocycles. The van der Waals surface area contributed by atoms with Crippen LogP contribution in [-0.4, -0.2) is 16.3 Å². The predicted molar refractivity (Wildman–Crippen MR) is 63.2 cm³/mol. The van der Waals surface area contributed by atoms with Crippen molar-refractivity contribution in [3.63, 3.8) is 0 Å². The van der Waals surface area contributed by atoms with Crippen molar-refractivity contribution in [1.82, 2.24) is 15.1 Å². The van der Waals surface area contributed by atoms with Gasteiger partial charge in [0.2, 0.25) is 0 Å². The molecule has 1 N–H and O–H groups in total. The highest BCUT2D eigenvalue weighted by atomic mass is 15.3. The maximum absolute atomic E-state index is 4.24. The summed E-state index contributed by atoms with van der Waals surface area (Å²) in [6.07, 6.45) is 2.97. The maximum atomic E-state index is 4.24. The van der Waals surface area contributed by atoms with Crippen molar-refractivity contribution in [3.05, 3.63) is 53.3 Å². The summed E-state index contributed by atoms with van der Waals surface area (Å²) < 4.78 is 1.94. The van der Waals surface area contributed by atoms with Crippen LogP contribution in [-0.2, 0) is 13.5 Å². The third-order valence-electron chi connectivity index (χ3n) is 3.26. The number of aryl methyl sites for hydroxylation is 1. The zero-order valence-electron chi connectivity index (χ0n) is 9.35. The van der Waals surface area contributed by atoms with Gasteiger partial charge in [0.25, 0.3) is 0 Å². The van der Waals surface area contributed by atoms with Gasteiger partial charge in [-0.15, -0.1) is 0 Å². The van der Waals surface area contributed by atoms with E-state index in [1.54, 1.807) is 0 Å². The number of hydrogen-bond donors (Lipinski definition) is 1. The molecule has 1 atom stereocenters. The van der Waals surface area contributed by atoms with Gasteiger partial charge in [-0.1, -0.05) is 24.3 Å². The molecule has 16 heavy (non-hydrogen) atoms. The number of aromatic nitrogens is 2. The van der Waals surface area contributed by atoms with E-state index in [-0.39, 0.29) is 6.04 Å². The zero-order chi connectivity index (χ0) is 11.0. The van der Waals surface area contributed by atoms with E-state index in [2.05, 4.69) is 40.7 Å². The molecule has 0 fully saturated rings. The highest BCUT2D eigenvalue weighted by Gasteiger charge is 2.22. The van der Waals surface area contributed by atoms with Crippen molar-refractivity contribution in [3.8, 4) is 0 Å². The van der Waals surface area contributed by atoms with E-state index in [9.17, 15) is 0 Å². The van der Waals surface area contributed by atoms with Gasteiger partial charge in [0.05, 0.1) is 11.7 Å². The molecule has 1 aromatic heterocycles. The van der Waals surface area contributed by atoms with E-state index in [1.165, 1.54) is 16.8 Å². The van der Waals surface area contributed by atoms with E-state index in [1.807, 2.05) is 17.9 Å². The maximum Gasteiger partial charge on any atom is 0.0750 e. The van der Waals surface area contributed by atoms with Crippen LogP contribution in [0.3, 0.4) is 0 Å². The molecule has 82 valence electrons. The summed E-state index contributed by atoms with van der Waals surface area (Å²) >= 11 is 0. The van der Waals surface area contributed by atoms with Gasteiger partial charge >= 0.3 is 0 Å². The fraction of sp³-hybridized carbons (Fsp3) is 0.308. The molecule has 1 aromatic carbocycles. The molecular formula is C13H15N3. The lowest BCUT2D eigenvalue weighted by Crippen LogP contribution is -2.31. The van der Waals surface area contributed by atoms with Crippen molar-refractivity contribution >= 4 is 0 Å². The number of rotatable bonds is 1. The van der Waals surface area contributed by atoms with Gasteiger partial charge < -0.3 is 5.32 Å². The smallest absolute Gasteiger partial charge is 0.0750 e. The van der Waals surface area contributed by atoms with Crippen molar-refractivity contribution < 1.29 is 0 Å². The average molecular weight is 213 g/mol. The minimum absolute atomic E-state index is 0.289. The molecule has 0 amide bonds. The Labute approximate surface area is 95.1 Å². The fourth-order valence-corrected chi connectivity index (χ4v) is 2.44. The number of fused-ring (bicyclic) bond motifs is 1. The van der Waals surface area contributed by atoms with E-state index in [4.69, 9.17) is 0 Å². The Morgan fingerprint density at radius 2 is 2.19 bits per heavy atom. The van der Waals surface area contributed by atoms with Crippen LogP contribution >= 0.6 is 0 Å². The van der Waals surface area contributed by atoms with Gasteiger partial charge in [-0.3, -0.25) is 4.68 Å². The molecule has 1 unspecified atom stereocenters. The minimum Gasteiger partial charge on any atom is -0.305 e. The van der Waals surface area contributed by atoms with Gasteiger partial charge in [-0.25, -0.2) is 0 Å². The number of nitrogens with one attached hydrogen (secondary N) is 1. The van der Waals surface area contributed by atoms with Gasteiger partial charge in [0.1, 0.15) is 0 Å². The summed E-state index contributed by atoms with van der Waals surface area (Å²) in [5.74, 6) is 0. The Kier molecular flexibility index (Phi) is 2.26. The molecule has 0 spiro atoms. The molecule has 0 saturated carbocycles. The molecule has 3 nitrogen and oxygen atoms in total. The molecule has 2 aromatic rings. The van der Waals surface area contributed by atoms with Crippen LogP contribution in [0.5, 0.6) is 0 Å². The van der Waals surface area contributed by atoms with Crippen LogP contribution in [0.1, 0.15) is 22.9 Å². The quantitative estimate of drug-likeness (QED) is 0.780. The van der Waals surface area contributed by atoms with Crippen molar-refractivity contribution in [2.45, 2.75) is 12.5 Å². The second-order valence-corrected chi connectivity index (χ2v) is 4.22. The Bertz CT molecular complexity index is 501. The van der Waals surface area contributed by atoms with E-state index < -0.39 is 0 Å². The minimum atomic E-state index is 0.289. The first kappa shape index (κ1) is 9.60. The SMILES string of the molecule is Cn1nccc1C1NCCc2ccccc21. The van der Waals surface area contributed by atoms with Gasteiger partial charge in [0, 0.05) is 19.8 Å². The molecular weight excluding hydrogens is 198 g/mol. The summed E-state index contributed by atoms with van der Waals surface area (Å²) in [6, 6.07) is 11.0. The van der Waals surface area contributed by atoms with Crippen molar-refractivity contribution in [2.75, 3.05) is 6.54 Å². The second-order valence-electron chi connectivity index (χ2n) is 4.22. The van der Waals surface area contributed by atoms with Crippen molar-refractivity contribution in [1.29, 1.82) is 0 Å². The molecule has 0 radical (unpaired) electrons. The third kappa shape index (κ3) is 1.44. The van der Waals surface area contributed by atoms with E-state index >= 15 is 0 Å². The van der Waals surface area contributed by atoms with Crippen LogP contribution in [0.2, 0.25) is 0 Å². The average Bonchev–Trinajstić information content (AvgIpc) is 2.75. The first-order valence-corrected chi connectivity index (χ1v) is 5.65. The molecule has 1 aliphatic heterocycles. The molecule has 2 heterocycles. The Balaban J connectivity index is 2.08. The normalized spacial score (nSPS) is 19.4. The topological polar surface area (TPSA) is 29.9 Å². The van der Waals surface area contributed by atoms with Crippen LogP contribution in [0.15, 0.2) is 36.5 Å². The Morgan fingerprint density at radius 3 is 3.00 bits per heavy atom. The number of benzene rings is 1. The van der Waals surface area contributed by atoms with E-state index in [0.717, 1.165) is 13.0 Å². The Hall–Kier alpha value is -1.61. The number of nitrogens with zero attached hydrogens (tertiary/aromatic N) is 2. The second kappa shape index (κ2) is 3.76. The van der Waals surface area contributed by atoms with Crippen LogP contribution < -0.4 is 5.32 Å². The standard InChI is InChI=1S/C13H15N3/c1-16-12(7-9-15-16)13-11-5-3-2-4-10(11)6-8-14-13/h2-5,7,9,13-14H,6,8H2,1H3. The summed E-state index contributed by atoms with van der Waals surface area (Å²) in [5, 5.41) is 7.80. The zero-order valence-corrected chi connectivity index (χ0v) is 9.35. The summed E-state index contributed by atoms with van der Waals surface area (Å²) in [5.41, 5.74) is 4.07.